The molecule has 0 aromatic carbocycles. The highest BCUT2D eigenvalue weighted by molar-refractivity contribution is 5.96. The quantitative estimate of drug-likeness (QED) is 0.385. The summed E-state index contributed by atoms with van der Waals surface area (Å²) in [5, 5.41) is 25.8. The number of rotatable bonds is 5. The predicted octanol–water partition coefficient (Wildman–Crippen LogP) is 4.73. The van der Waals surface area contributed by atoms with E-state index in [0.29, 0.717) is 42.4 Å². The van der Waals surface area contributed by atoms with E-state index in [1.54, 1.807) is 30.9 Å². The van der Waals surface area contributed by atoms with Crippen LogP contribution in [0.25, 0.3) is 22.3 Å². The third kappa shape index (κ3) is 5.86. The molecule has 1 saturated carbocycles. The molecule has 0 bridgehead atoms. The van der Waals surface area contributed by atoms with Crippen LogP contribution in [0, 0.1) is 5.92 Å². The molecular weight excluding hydrogens is 532 g/mol. The number of hydrogen-bond donors (Lipinski definition) is 3. The highest BCUT2D eigenvalue weighted by atomic mass is 19.4. The van der Waals surface area contributed by atoms with Gasteiger partial charge in [-0.1, -0.05) is 6.92 Å². The second kappa shape index (κ2) is 10.5. The van der Waals surface area contributed by atoms with Crippen LogP contribution in [-0.4, -0.2) is 84.6 Å². The topological polar surface area (TPSA) is 115 Å². The summed E-state index contributed by atoms with van der Waals surface area (Å²) in [5.41, 5.74) is 0.830. The number of fused-ring (bicyclic) bond motifs is 1. The van der Waals surface area contributed by atoms with Crippen molar-refractivity contribution in [2.75, 3.05) is 29.9 Å². The number of halogens is 4. The van der Waals surface area contributed by atoms with Crippen molar-refractivity contribution >= 4 is 28.4 Å². The molecule has 2 amide bonds. The smallest absolute Gasteiger partial charge is 0.379 e. The molecule has 3 aromatic rings. The second-order valence-electron chi connectivity index (χ2n) is 11.7. The number of carbonyl (C=O) groups is 1. The maximum atomic E-state index is 14.6. The van der Waals surface area contributed by atoms with Crippen LogP contribution >= 0.6 is 0 Å². The van der Waals surface area contributed by atoms with Gasteiger partial charge < -0.3 is 20.2 Å². The van der Waals surface area contributed by atoms with Gasteiger partial charge in [-0.25, -0.2) is 9.18 Å². The third-order valence-corrected chi connectivity index (χ3v) is 7.59. The van der Waals surface area contributed by atoms with Gasteiger partial charge in [-0.05, 0) is 51.5 Å². The predicted molar refractivity (Wildman–Crippen MR) is 142 cm³/mol. The lowest BCUT2D eigenvalue weighted by atomic mass is 9.98. The number of hydrogen-bond acceptors (Lipinski definition) is 6. The third-order valence-electron chi connectivity index (χ3n) is 7.59. The normalized spacial score (nSPS) is 20.5. The van der Waals surface area contributed by atoms with Crippen LogP contribution in [0.5, 0.6) is 0 Å². The number of aliphatic hydroxyl groups is 1. The van der Waals surface area contributed by atoms with Gasteiger partial charge in [0, 0.05) is 31.4 Å². The first kappa shape index (κ1) is 28.1. The van der Waals surface area contributed by atoms with Crippen LogP contribution < -0.4 is 10.2 Å². The number of carbonyl (C=O) groups excluding carboxylic acids is 1. The van der Waals surface area contributed by atoms with E-state index in [4.69, 9.17) is 5.10 Å². The Kier molecular flexibility index (Phi) is 7.40. The first-order chi connectivity index (χ1) is 18.8. The van der Waals surface area contributed by atoms with Gasteiger partial charge in [0.1, 0.15) is 11.4 Å². The minimum Gasteiger partial charge on any atom is -0.393 e. The molecular formula is C26H34F4N8O2. The van der Waals surface area contributed by atoms with Crippen molar-refractivity contribution in [3.8, 4) is 11.4 Å². The summed E-state index contributed by atoms with van der Waals surface area (Å²) in [5.74, 6) is 1.43. The van der Waals surface area contributed by atoms with Gasteiger partial charge >= 0.3 is 12.7 Å². The van der Waals surface area contributed by atoms with Crippen LogP contribution in [0.1, 0.15) is 46.5 Å². The average molecular weight is 567 g/mol. The van der Waals surface area contributed by atoms with Crippen LogP contribution in [0.15, 0.2) is 18.5 Å². The van der Waals surface area contributed by atoms with E-state index in [2.05, 4.69) is 32.3 Å². The molecule has 40 heavy (non-hydrogen) atoms. The molecule has 1 unspecified atom stereocenters. The highest BCUT2D eigenvalue weighted by Gasteiger charge is 2.53. The van der Waals surface area contributed by atoms with E-state index in [9.17, 15) is 27.5 Å². The summed E-state index contributed by atoms with van der Waals surface area (Å²) in [7, 11) is 0. The molecule has 3 N–H and O–H groups in total. The number of piperidine rings is 1. The lowest BCUT2D eigenvalue weighted by Gasteiger charge is -2.38. The van der Waals surface area contributed by atoms with Crippen molar-refractivity contribution in [1.29, 1.82) is 0 Å². The number of anilines is 2. The molecule has 3 aromatic heterocycles. The molecule has 218 valence electrons. The van der Waals surface area contributed by atoms with Gasteiger partial charge in [-0.2, -0.15) is 23.4 Å². The van der Waals surface area contributed by atoms with E-state index >= 15 is 0 Å². The SMILES string of the molecule is CC1CN(c2nn(CC(C)(C)F)c3cc(-c4[nH]ncc4NC(=O)N4CCC(O)CC45CC5)ncc23)C1.FC(F)F. The molecule has 2 aliphatic heterocycles. The van der Waals surface area contributed by atoms with E-state index in [1.165, 1.54) is 0 Å². The molecule has 1 spiro atoms. The van der Waals surface area contributed by atoms with Crippen molar-refractivity contribution in [3.05, 3.63) is 18.5 Å². The summed E-state index contributed by atoms with van der Waals surface area (Å²) in [4.78, 5) is 21.9. The zero-order chi connectivity index (χ0) is 28.8. The molecule has 0 radical (unpaired) electrons. The van der Waals surface area contributed by atoms with E-state index in [1.807, 2.05) is 11.0 Å². The zero-order valence-electron chi connectivity index (χ0n) is 22.7. The minimum atomic E-state index is -3.67. The highest BCUT2D eigenvalue weighted by Crippen LogP contribution is 2.48. The maximum absolute atomic E-state index is 14.6. The molecule has 1 aliphatic carbocycles. The van der Waals surface area contributed by atoms with Gasteiger partial charge in [-0.15, -0.1) is 0 Å². The standard InChI is InChI=1S/C25H33FN8O2.CHF3/c1-15-12-32(13-15)22-17-10-27-18(8-20(17)34(31-22)14-24(2,3)26)21-19(11-28-30-21)29-23(36)33-7-4-16(35)9-25(33)5-6-25;2-1(3)4/h8,10-11,15-16,35H,4-7,9,12-14H2,1-3H3,(H,28,30)(H,29,36);1H. The number of nitrogens with one attached hydrogen (secondary N) is 2. The zero-order valence-corrected chi connectivity index (χ0v) is 22.7. The van der Waals surface area contributed by atoms with Crippen molar-refractivity contribution in [2.24, 2.45) is 5.92 Å². The van der Waals surface area contributed by atoms with Crippen LogP contribution in [0.2, 0.25) is 0 Å². The van der Waals surface area contributed by atoms with Gasteiger partial charge in [0.25, 0.3) is 0 Å². The molecule has 10 nitrogen and oxygen atoms in total. The number of amides is 2. The molecule has 2 saturated heterocycles. The largest absolute Gasteiger partial charge is 0.393 e. The van der Waals surface area contributed by atoms with Gasteiger partial charge in [0.15, 0.2) is 5.82 Å². The molecule has 5 heterocycles. The minimum absolute atomic E-state index is 0.117. The Morgan fingerprint density at radius 3 is 2.60 bits per heavy atom. The van der Waals surface area contributed by atoms with Crippen LogP contribution in [-0.2, 0) is 6.54 Å². The molecule has 6 rings (SSSR count). The molecule has 3 fully saturated rings. The number of likely N-dealkylation sites (tertiary alicyclic amines) is 1. The van der Waals surface area contributed by atoms with E-state index in [0.717, 1.165) is 42.7 Å². The molecule has 3 aliphatic rings. The van der Waals surface area contributed by atoms with Crippen molar-refractivity contribution in [2.45, 2.75) is 77.0 Å². The number of urea groups is 1. The number of aromatic amines is 1. The van der Waals surface area contributed by atoms with Crippen molar-refractivity contribution in [3.63, 3.8) is 0 Å². The van der Waals surface area contributed by atoms with Crippen LogP contribution in [0.3, 0.4) is 0 Å². The summed E-state index contributed by atoms with van der Waals surface area (Å²) in [6.07, 6.45) is 6.05. The van der Waals surface area contributed by atoms with E-state index < -0.39 is 12.3 Å². The Balaban J connectivity index is 0.000000758. The Morgan fingerprint density at radius 1 is 1.27 bits per heavy atom. The van der Waals surface area contributed by atoms with E-state index in [-0.39, 0.29) is 24.2 Å². The number of nitrogens with zero attached hydrogens (tertiary/aromatic N) is 6. The Bertz CT molecular complexity index is 1360. The average Bonchev–Trinajstić information content (AvgIpc) is 3.28. The molecule has 14 heteroatoms. The summed E-state index contributed by atoms with van der Waals surface area (Å²) in [6.45, 7) is 4.09. The lowest BCUT2D eigenvalue weighted by molar-refractivity contribution is 0.00817. The van der Waals surface area contributed by atoms with Gasteiger partial charge in [0.05, 0.1) is 41.1 Å². The number of pyridine rings is 1. The second-order valence-corrected chi connectivity index (χ2v) is 11.7. The first-order valence-corrected chi connectivity index (χ1v) is 13.4. The van der Waals surface area contributed by atoms with Crippen molar-refractivity contribution in [1.82, 2.24) is 29.9 Å². The summed E-state index contributed by atoms with van der Waals surface area (Å²) >= 11 is 0. The van der Waals surface area contributed by atoms with Crippen LogP contribution in [0.4, 0.5) is 33.9 Å². The number of H-pyrrole nitrogens is 1. The Hall–Kier alpha value is -3.42. The maximum Gasteiger partial charge on any atom is 0.379 e. The lowest BCUT2D eigenvalue weighted by Crippen LogP contribution is -2.51. The molecule has 1 atom stereocenters. The fourth-order valence-electron chi connectivity index (χ4n) is 5.63. The number of aliphatic hydroxyl groups excluding tert-OH is 1. The fraction of sp³-hybridized carbons (Fsp3) is 0.615. The monoisotopic (exact) mass is 566 g/mol. The van der Waals surface area contributed by atoms with Gasteiger partial charge in [-0.3, -0.25) is 14.8 Å². The summed E-state index contributed by atoms with van der Waals surface area (Å²) in [6, 6.07) is 1.69. The Morgan fingerprint density at radius 2 is 1.98 bits per heavy atom. The fourth-order valence-corrected chi connectivity index (χ4v) is 5.63. The van der Waals surface area contributed by atoms with Gasteiger partial charge in [0.2, 0.25) is 0 Å². The number of alkyl halides is 4. The summed E-state index contributed by atoms with van der Waals surface area (Å²) < 4.78 is 45.4. The number of aromatic nitrogens is 5. The van der Waals surface area contributed by atoms with Crippen molar-refractivity contribution < 1.29 is 27.5 Å². The first-order valence-electron chi connectivity index (χ1n) is 13.4. The Labute approximate surface area is 228 Å².